The summed E-state index contributed by atoms with van der Waals surface area (Å²) in [6.07, 6.45) is 3.00. The summed E-state index contributed by atoms with van der Waals surface area (Å²) in [6.45, 7) is 0. The van der Waals surface area contributed by atoms with Gasteiger partial charge in [0.15, 0.2) is 23.9 Å². The van der Waals surface area contributed by atoms with Crippen LogP contribution in [0.2, 0.25) is 0 Å². The van der Waals surface area contributed by atoms with E-state index < -0.39 is 29.6 Å². The van der Waals surface area contributed by atoms with E-state index in [1.54, 1.807) is 30.5 Å². The molecule has 0 bridgehead atoms. The standard InChI is InChI=1S/C21H17N3O4/c25-17-10-16(13-4-2-1-3-5-13)24-21(27)19(17)20(26)23-15-8-6-14(7-9-15)18-11-22-12-28-18/h1-9,11-12,16,19H,10H2,(H,23,26)(H,24,27). The van der Waals surface area contributed by atoms with Crippen LogP contribution < -0.4 is 10.6 Å². The number of hydrogen-bond acceptors (Lipinski definition) is 5. The number of nitrogens with one attached hydrogen (secondary N) is 2. The first-order valence-electron chi connectivity index (χ1n) is 8.79. The van der Waals surface area contributed by atoms with Gasteiger partial charge in [-0.3, -0.25) is 14.4 Å². The number of carbonyl (C=O) groups is 3. The van der Waals surface area contributed by atoms with E-state index in [0.29, 0.717) is 11.4 Å². The van der Waals surface area contributed by atoms with E-state index >= 15 is 0 Å². The molecule has 2 heterocycles. The molecule has 7 nitrogen and oxygen atoms in total. The van der Waals surface area contributed by atoms with Crippen LogP contribution in [0.4, 0.5) is 5.69 Å². The molecule has 0 radical (unpaired) electrons. The lowest BCUT2D eigenvalue weighted by Crippen LogP contribution is -2.49. The molecule has 2 N–H and O–H groups in total. The number of anilines is 1. The minimum atomic E-state index is -1.35. The van der Waals surface area contributed by atoms with Crippen LogP contribution in [0, 0.1) is 5.92 Å². The van der Waals surface area contributed by atoms with Crippen molar-refractivity contribution in [1.29, 1.82) is 0 Å². The number of nitrogens with zero attached hydrogens (tertiary/aromatic N) is 1. The monoisotopic (exact) mass is 375 g/mol. The zero-order valence-electron chi connectivity index (χ0n) is 14.8. The maximum absolute atomic E-state index is 12.5. The molecule has 2 aromatic carbocycles. The van der Waals surface area contributed by atoms with Crippen molar-refractivity contribution in [1.82, 2.24) is 10.3 Å². The van der Waals surface area contributed by atoms with Gasteiger partial charge < -0.3 is 15.1 Å². The summed E-state index contributed by atoms with van der Waals surface area (Å²) >= 11 is 0. The number of Topliss-reactive ketones (excluding diaryl/α,β-unsaturated/α-hetero) is 1. The number of benzene rings is 2. The maximum Gasteiger partial charge on any atom is 0.244 e. The van der Waals surface area contributed by atoms with Gasteiger partial charge in [-0.15, -0.1) is 0 Å². The third-order valence-corrected chi connectivity index (χ3v) is 4.64. The van der Waals surface area contributed by atoms with E-state index in [-0.39, 0.29) is 6.42 Å². The molecule has 2 unspecified atom stereocenters. The summed E-state index contributed by atoms with van der Waals surface area (Å²) in [4.78, 5) is 41.3. The zero-order chi connectivity index (χ0) is 19.5. The molecular formula is C21H17N3O4. The summed E-state index contributed by atoms with van der Waals surface area (Å²) in [5.74, 6) is -2.36. The normalized spacial score (nSPS) is 19.1. The molecule has 1 aromatic heterocycles. The third-order valence-electron chi connectivity index (χ3n) is 4.64. The van der Waals surface area contributed by atoms with Gasteiger partial charge in [-0.05, 0) is 29.8 Å². The van der Waals surface area contributed by atoms with E-state index in [9.17, 15) is 14.4 Å². The fraction of sp³-hybridized carbons (Fsp3) is 0.143. The van der Waals surface area contributed by atoms with Gasteiger partial charge in [0.25, 0.3) is 0 Å². The van der Waals surface area contributed by atoms with Gasteiger partial charge in [0.05, 0.1) is 12.2 Å². The molecule has 4 rings (SSSR count). The first-order valence-corrected chi connectivity index (χ1v) is 8.79. The summed E-state index contributed by atoms with van der Waals surface area (Å²) in [5.41, 5.74) is 2.12. The SMILES string of the molecule is O=C1CC(c2ccccc2)NC(=O)C1C(=O)Nc1ccc(-c2cnco2)cc1. The van der Waals surface area contributed by atoms with Crippen molar-refractivity contribution in [2.24, 2.45) is 5.92 Å². The number of oxazole rings is 1. The van der Waals surface area contributed by atoms with Crippen LogP contribution in [0.5, 0.6) is 0 Å². The van der Waals surface area contributed by atoms with Crippen LogP contribution in [0.3, 0.4) is 0 Å². The Morgan fingerprint density at radius 1 is 1.07 bits per heavy atom. The van der Waals surface area contributed by atoms with Crippen molar-refractivity contribution in [3.05, 3.63) is 72.8 Å². The molecule has 3 aromatic rings. The Kier molecular flexibility index (Phi) is 4.72. The van der Waals surface area contributed by atoms with Gasteiger partial charge in [0, 0.05) is 17.7 Å². The average molecular weight is 375 g/mol. The summed E-state index contributed by atoms with van der Waals surface area (Å²) in [6, 6.07) is 15.7. The van der Waals surface area contributed by atoms with Crippen molar-refractivity contribution in [2.75, 3.05) is 5.32 Å². The van der Waals surface area contributed by atoms with Crippen LogP contribution in [-0.4, -0.2) is 22.6 Å². The van der Waals surface area contributed by atoms with E-state index in [1.165, 1.54) is 6.39 Å². The maximum atomic E-state index is 12.5. The number of carbonyl (C=O) groups excluding carboxylic acids is 3. The largest absolute Gasteiger partial charge is 0.444 e. The average Bonchev–Trinajstić information content (AvgIpc) is 3.23. The Bertz CT molecular complexity index is 980. The smallest absolute Gasteiger partial charge is 0.244 e. The fourth-order valence-electron chi connectivity index (χ4n) is 3.21. The van der Waals surface area contributed by atoms with Crippen molar-refractivity contribution >= 4 is 23.3 Å². The van der Waals surface area contributed by atoms with Crippen molar-refractivity contribution < 1.29 is 18.8 Å². The highest BCUT2D eigenvalue weighted by atomic mass is 16.3. The molecule has 140 valence electrons. The van der Waals surface area contributed by atoms with Gasteiger partial charge in [0.2, 0.25) is 11.8 Å². The van der Waals surface area contributed by atoms with Crippen LogP contribution in [0.25, 0.3) is 11.3 Å². The molecule has 28 heavy (non-hydrogen) atoms. The Morgan fingerprint density at radius 2 is 1.82 bits per heavy atom. The second-order valence-corrected chi connectivity index (χ2v) is 6.51. The molecular weight excluding hydrogens is 358 g/mol. The lowest BCUT2D eigenvalue weighted by Gasteiger charge is -2.27. The Hall–Kier alpha value is -3.74. The van der Waals surface area contributed by atoms with Crippen LogP contribution in [0.1, 0.15) is 18.0 Å². The highest BCUT2D eigenvalue weighted by molar-refractivity contribution is 6.22. The Balaban J connectivity index is 1.43. The lowest BCUT2D eigenvalue weighted by molar-refractivity contribution is -0.143. The molecule has 1 saturated heterocycles. The van der Waals surface area contributed by atoms with E-state index in [4.69, 9.17) is 4.42 Å². The van der Waals surface area contributed by atoms with Crippen molar-refractivity contribution in [3.63, 3.8) is 0 Å². The van der Waals surface area contributed by atoms with Crippen LogP contribution >= 0.6 is 0 Å². The van der Waals surface area contributed by atoms with Crippen molar-refractivity contribution in [3.8, 4) is 11.3 Å². The highest BCUT2D eigenvalue weighted by Gasteiger charge is 2.40. The zero-order valence-corrected chi connectivity index (χ0v) is 14.8. The van der Waals surface area contributed by atoms with Gasteiger partial charge in [-0.25, -0.2) is 4.98 Å². The molecule has 2 amide bonds. The number of aromatic nitrogens is 1. The molecule has 0 spiro atoms. The van der Waals surface area contributed by atoms with E-state index in [2.05, 4.69) is 15.6 Å². The number of amides is 2. The molecule has 2 atom stereocenters. The summed E-state index contributed by atoms with van der Waals surface area (Å²) in [7, 11) is 0. The second-order valence-electron chi connectivity index (χ2n) is 6.51. The van der Waals surface area contributed by atoms with Gasteiger partial charge >= 0.3 is 0 Å². The Labute approximate surface area is 160 Å². The summed E-state index contributed by atoms with van der Waals surface area (Å²) in [5, 5.41) is 5.40. The fourth-order valence-corrected chi connectivity index (χ4v) is 3.21. The molecule has 1 aliphatic rings. The number of rotatable bonds is 4. The van der Waals surface area contributed by atoms with E-state index in [1.807, 2.05) is 30.3 Å². The number of hydrogen-bond donors (Lipinski definition) is 2. The van der Waals surface area contributed by atoms with E-state index in [0.717, 1.165) is 11.1 Å². The van der Waals surface area contributed by atoms with Crippen molar-refractivity contribution in [2.45, 2.75) is 12.5 Å². The topological polar surface area (TPSA) is 101 Å². The molecule has 0 aliphatic carbocycles. The Morgan fingerprint density at radius 3 is 2.46 bits per heavy atom. The molecule has 1 fully saturated rings. The molecule has 1 aliphatic heterocycles. The highest BCUT2D eigenvalue weighted by Crippen LogP contribution is 2.26. The predicted octanol–water partition coefficient (Wildman–Crippen LogP) is 2.73. The van der Waals surface area contributed by atoms with Gasteiger partial charge in [0.1, 0.15) is 0 Å². The molecule has 7 heteroatoms. The lowest BCUT2D eigenvalue weighted by atomic mass is 9.88. The quantitative estimate of drug-likeness (QED) is 0.683. The minimum Gasteiger partial charge on any atom is -0.444 e. The first kappa shape index (κ1) is 17.7. The predicted molar refractivity (Wildman–Crippen MR) is 101 cm³/mol. The van der Waals surface area contributed by atoms with Crippen LogP contribution in [0.15, 0.2) is 71.6 Å². The number of piperidine rings is 1. The van der Waals surface area contributed by atoms with Crippen LogP contribution in [-0.2, 0) is 14.4 Å². The summed E-state index contributed by atoms with van der Waals surface area (Å²) < 4.78 is 5.21. The number of ketones is 1. The van der Waals surface area contributed by atoms with Gasteiger partial charge in [-0.2, -0.15) is 0 Å². The third kappa shape index (κ3) is 3.55. The first-order chi connectivity index (χ1) is 13.6. The molecule has 0 saturated carbocycles. The second kappa shape index (κ2) is 7.48. The minimum absolute atomic E-state index is 0.0816. The van der Waals surface area contributed by atoms with Gasteiger partial charge in [-0.1, -0.05) is 30.3 Å².